The second kappa shape index (κ2) is 8.17. The van der Waals surface area contributed by atoms with Crippen molar-refractivity contribution in [2.24, 2.45) is 44.8 Å². The first-order valence-electron chi connectivity index (χ1n) is 16.1. The van der Waals surface area contributed by atoms with Gasteiger partial charge in [-0.15, -0.1) is 0 Å². The van der Waals surface area contributed by atoms with Gasteiger partial charge in [-0.2, -0.15) is 0 Å². The van der Waals surface area contributed by atoms with Gasteiger partial charge in [-0.3, -0.25) is 9.59 Å². The van der Waals surface area contributed by atoms with Crippen molar-refractivity contribution < 1.29 is 14.3 Å². The third kappa shape index (κ3) is 3.23. The molecule has 0 unspecified atom stereocenters. The molecule has 1 aromatic heterocycles. The van der Waals surface area contributed by atoms with Crippen LogP contribution in [0.3, 0.4) is 0 Å². The number of hydrogen-bond acceptors (Lipinski definition) is 3. The van der Waals surface area contributed by atoms with Crippen molar-refractivity contribution in [1.29, 1.82) is 0 Å². The van der Waals surface area contributed by atoms with Gasteiger partial charge < -0.3 is 9.72 Å². The van der Waals surface area contributed by atoms with Gasteiger partial charge in [-0.25, -0.2) is 0 Å². The van der Waals surface area contributed by atoms with Crippen molar-refractivity contribution in [3.05, 3.63) is 47.2 Å². The molecule has 3 saturated carbocycles. The van der Waals surface area contributed by atoms with E-state index in [0.717, 1.165) is 51.4 Å². The molecule has 3 fully saturated rings. The highest BCUT2D eigenvalue weighted by molar-refractivity contribution is 5.96. The number of ketones is 1. The molecule has 1 heterocycles. The van der Waals surface area contributed by atoms with Crippen LogP contribution in [0.15, 0.2) is 35.9 Å². The molecule has 0 radical (unpaired) electrons. The fourth-order valence-corrected chi connectivity index (χ4v) is 11.9. The molecule has 1 aromatic carbocycles. The van der Waals surface area contributed by atoms with Crippen LogP contribution in [0, 0.1) is 44.8 Å². The predicted molar refractivity (Wildman–Crippen MR) is 163 cm³/mol. The van der Waals surface area contributed by atoms with E-state index in [9.17, 15) is 9.59 Å². The Bertz CT molecular complexity index is 1510. The van der Waals surface area contributed by atoms with Crippen LogP contribution < -0.4 is 0 Å². The second-order valence-electron chi connectivity index (χ2n) is 16.7. The van der Waals surface area contributed by atoms with Crippen LogP contribution >= 0.6 is 0 Å². The summed E-state index contributed by atoms with van der Waals surface area (Å²) in [6.45, 7) is 16.8. The number of benzene rings is 1. The monoisotopic (exact) mass is 555 g/mol. The fraction of sp³-hybridized carbons (Fsp3) is 0.676. The third-order valence-corrected chi connectivity index (χ3v) is 14.4. The fourth-order valence-electron chi connectivity index (χ4n) is 11.9. The van der Waals surface area contributed by atoms with Gasteiger partial charge in [0.1, 0.15) is 0 Å². The average Bonchev–Trinajstić information content (AvgIpc) is 3.29. The molecule has 2 aromatic rings. The van der Waals surface area contributed by atoms with E-state index >= 15 is 0 Å². The van der Waals surface area contributed by atoms with Crippen molar-refractivity contribution in [3.63, 3.8) is 0 Å². The van der Waals surface area contributed by atoms with E-state index in [1.54, 1.807) is 0 Å². The number of nitrogens with one attached hydrogen (secondary N) is 1. The topological polar surface area (TPSA) is 59.2 Å². The molecule has 0 amide bonds. The maximum absolute atomic E-state index is 14.8. The first-order chi connectivity index (χ1) is 19.1. The maximum Gasteiger partial charge on any atom is 0.311 e. The zero-order chi connectivity index (χ0) is 29.4. The van der Waals surface area contributed by atoms with Crippen molar-refractivity contribution in [2.45, 2.75) is 105 Å². The van der Waals surface area contributed by atoms with Crippen LogP contribution in [-0.4, -0.2) is 23.8 Å². The Balaban J connectivity index is 1.37. The van der Waals surface area contributed by atoms with Crippen LogP contribution in [0.4, 0.5) is 0 Å². The van der Waals surface area contributed by atoms with Gasteiger partial charge in [0.05, 0.1) is 12.5 Å². The Morgan fingerprint density at radius 2 is 1.66 bits per heavy atom. The summed E-state index contributed by atoms with van der Waals surface area (Å²) >= 11 is 0. The number of aromatic amines is 1. The molecule has 0 saturated heterocycles. The zero-order valence-corrected chi connectivity index (χ0v) is 26.5. The first kappa shape index (κ1) is 27.5. The minimum atomic E-state index is -0.485. The van der Waals surface area contributed by atoms with Gasteiger partial charge in [-0.1, -0.05) is 65.3 Å². The molecule has 8 atom stereocenters. The third-order valence-electron chi connectivity index (χ3n) is 14.4. The molecule has 220 valence electrons. The summed E-state index contributed by atoms with van der Waals surface area (Å²) < 4.78 is 5.31. The lowest BCUT2D eigenvalue weighted by atomic mass is 9.33. The molecule has 7 rings (SSSR count). The van der Waals surface area contributed by atoms with Gasteiger partial charge in [-0.05, 0) is 109 Å². The van der Waals surface area contributed by atoms with E-state index in [1.165, 1.54) is 34.8 Å². The minimum Gasteiger partial charge on any atom is -0.469 e. The summed E-state index contributed by atoms with van der Waals surface area (Å²) in [6.07, 6.45) is 10.3. The Kier molecular flexibility index (Phi) is 5.47. The summed E-state index contributed by atoms with van der Waals surface area (Å²) in [7, 11) is 1.52. The summed E-state index contributed by atoms with van der Waals surface area (Å²) in [5.74, 6) is 0.923. The Morgan fingerprint density at radius 1 is 0.951 bits per heavy atom. The standard InChI is InChI=1S/C37H49NO3/c1-32(2)28-13-14-37(7)29(35(28,5)20-23-22-11-9-10-12-26(22)38-30(23)32)27(39)19-24-25-21-34(4,31(40)41-8)16-15-33(25,3)17-18-36(24,37)6/h9-12,19,25,28-29,38H,13-18,20-21H2,1-8H3/t25-,28-,29+,33+,34-,35-,36-,37-/m0/s1. The first-order valence-corrected chi connectivity index (χ1v) is 16.1. The molecule has 5 aliphatic rings. The number of hydrogen-bond donors (Lipinski definition) is 1. The largest absolute Gasteiger partial charge is 0.469 e. The summed E-state index contributed by atoms with van der Waals surface area (Å²) in [4.78, 5) is 31.6. The van der Waals surface area contributed by atoms with E-state index in [2.05, 4.69) is 83.8 Å². The molecule has 41 heavy (non-hydrogen) atoms. The normalized spacial score (nSPS) is 44.5. The van der Waals surface area contributed by atoms with Crippen LogP contribution in [0.2, 0.25) is 0 Å². The van der Waals surface area contributed by atoms with E-state index in [4.69, 9.17) is 4.74 Å². The number of carbonyl (C=O) groups excluding carboxylic acids is 2. The van der Waals surface area contributed by atoms with Crippen LogP contribution in [-0.2, 0) is 26.2 Å². The van der Waals surface area contributed by atoms with Crippen molar-refractivity contribution in [2.75, 3.05) is 7.11 Å². The molecule has 4 heteroatoms. The van der Waals surface area contributed by atoms with E-state index in [0.29, 0.717) is 11.7 Å². The van der Waals surface area contributed by atoms with Crippen molar-refractivity contribution in [1.82, 2.24) is 4.98 Å². The number of methoxy groups -OCH3 is 1. The SMILES string of the molecule is COC(=O)[C@@]1(C)CC[C@]2(C)CC[C@@]3(C)C(=CC(=O)[C@@H]4[C@@]5(C)Cc6c([nH]c7ccccc67)C(C)(C)[C@@H]5CC[C@@]43C)[C@@H]2C1. The molecule has 0 aliphatic heterocycles. The van der Waals surface area contributed by atoms with E-state index < -0.39 is 5.41 Å². The highest BCUT2D eigenvalue weighted by Crippen LogP contribution is 2.75. The number of carbonyl (C=O) groups is 2. The molecule has 1 N–H and O–H groups in total. The van der Waals surface area contributed by atoms with Crippen LogP contribution in [0.1, 0.15) is 105 Å². The van der Waals surface area contributed by atoms with Gasteiger partial charge in [0, 0.05) is 27.9 Å². The van der Waals surface area contributed by atoms with E-state index in [-0.39, 0.29) is 44.9 Å². The van der Waals surface area contributed by atoms with Gasteiger partial charge in [0.25, 0.3) is 0 Å². The van der Waals surface area contributed by atoms with Gasteiger partial charge in [0.15, 0.2) is 5.78 Å². The van der Waals surface area contributed by atoms with Crippen LogP contribution in [0.5, 0.6) is 0 Å². The number of fused-ring (bicyclic) bond motifs is 10. The minimum absolute atomic E-state index is 0.0106. The Hall–Kier alpha value is -2.36. The summed E-state index contributed by atoms with van der Waals surface area (Å²) in [5, 5.41) is 1.32. The number of ether oxygens (including phenoxy) is 1. The lowest BCUT2D eigenvalue weighted by molar-refractivity contribution is -0.174. The molecular weight excluding hydrogens is 506 g/mol. The number of aromatic nitrogens is 1. The average molecular weight is 556 g/mol. The highest BCUT2D eigenvalue weighted by Gasteiger charge is 2.70. The smallest absolute Gasteiger partial charge is 0.311 e. The van der Waals surface area contributed by atoms with Gasteiger partial charge in [0.2, 0.25) is 0 Å². The number of rotatable bonds is 1. The lowest BCUT2D eigenvalue weighted by Crippen LogP contribution is -2.66. The van der Waals surface area contributed by atoms with Crippen LogP contribution in [0.25, 0.3) is 10.9 Å². The number of allylic oxidation sites excluding steroid dienone is 2. The number of H-pyrrole nitrogens is 1. The van der Waals surface area contributed by atoms with Gasteiger partial charge >= 0.3 is 5.97 Å². The highest BCUT2D eigenvalue weighted by atomic mass is 16.5. The summed E-state index contributed by atoms with van der Waals surface area (Å²) in [5.41, 5.74) is 4.72. The molecular formula is C37H49NO3. The van der Waals surface area contributed by atoms with E-state index in [1.807, 2.05) is 0 Å². The lowest BCUT2D eigenvalue weighted by Gasteiger charge is -2.70. The van der Waals surface area contributed by atoms with Crippen molar-refractivity contribution >= 4 is 22.7 Å². The molecule has 5 aliphatic carbocycles. The second-order valence-corrected chi connectivity index (χ2v) is 16.7. The van der Waals surface area contributed by atoms with Crippen molar-refractivity contribution in [3.8, 4) is 0 Å². The summed E-state index contributed by atoms with van der Waals surface area (Å²) in [6, 6.07) is 8.73. The quantitative estimate of drug-likeness (QED) is 0.360. The molecule has 0 spiro atoms. The predicted octanol–water partition coefficient (Wildman–Crippen LogP) is 8.34. The molecule has 0 bridgehead atoms. The Morgan fingerprint density at radius 3 is 2.39 bits per heavy atom. The Labute approximate surface area is 246 Å². The maximum atomic E-state index is 14.8. The molecule has 4 nitrogen and oxygen atoms in total. The zero-order valence-electron chi connectivity index (χ0n) is 26.5. The number of esters is 1. The number of para-hydroxylation sites is 1.